The van der Waals surface area contributed by atoms with E-state index in [1.165, 1.54) is 25.8 Å². The second kappa shape index (κ2) is 4.90. The van der Waals surface area contributed by atoms with E-state index in [9.17, 15) is 4.79 Å². The molecule has 0 aromatic carbocycles. The number of nitrogens with one attached hydrogen (secondary N) is 1. The summed E-state index contributed by atoms with van der Waals surface area (Å²) < 4.78 is 0. The van der Waals surface area contributed by atoms with Gasteiger partial charge in [-0.3, -0.25) is 9.69 Å². The number of aromatic amines is 1. The van der Waals surface area contributed by atoms with Crippen molar-refractivity contribution in [2.45, 2.75) is 25.3 Å². The van der Waals surface area contributed by atoms with E-state index >= 15 is 0 Å². The molecule has 1 atom stereocenters. The first-order valence-corrected chi connectivity index (χ1v) is 6.85. The monoisotopic (exact) mass is 268 g/mol. The predicted octanol–water partition coefficient (Wildman–Crippen LogP) is 1.10. The average molecular weight is 269 g/mol. The van der Waals surface area contributed by atoms with Gasteiger partial charge in [0.25, 0.3) is 5.56 Å². The Morgan fingerprint density at radius 1 is 1.33 bits per heavy atom. The Morgan fingerprint density at radius 2 is 2.22 bits per heavy atom. The highest BCUT2D eigenvalue weighted by atomic mass is 35.5. The zero-order chi connectivity index (χ0) is 12.5. The molecule has 3 heterocycles. The van der Waals surface area contributed by atoms with Crippen molar-refractivity contribution >= 4 is 17.3 Å². The molecule has 1 unspecified atom stereocenters. The van der Waals surface area contributed by atoms with Crippen molar-refractivity contribution in [3.8, 4) is 0 Å². The van der Waals surface area contributed by atoms with Crippen LogP contribution < -0.4 is 10.5 Å². The molecular formula is C12H17ClN4O. The Balaban J connectivity index is 1.81. The van der Waals surface area contributed by atoms with Crippen LogP contribution in [0.15, 0.2) is 11.0 Å². The van der Waals surface area contributed by atoms with Gasteiger partial charge in [-0.05, 0) is 19.4 Å². The Kier molecular flexibility index (Phi) is 3.26. The van der Waals surface area contributed by atoms with Gasteiger partial charge >= 0.3 is 0 Å². The number of hydrogen-bond acceptors (Lipinski definition) is 4. The molecule has 0 bridgehead atoms. The second-order valence-corrected chi connectivity index (χ2v) is 5.41. The van der Waals surface area contributed by atoms with E-state index in [1.807, 2.05) is 0 Å². The largest absolute Gasteiger partial charge is 0.366 e. The Bertz CT molecular complexity index is 489. The molecule has 1 aromatic rings. The number of anilines is 1. The molecule has 6 heteroatoms. The van der Waals surface area contributed by atoms with E-state index in [4.69, 9.17) is 11.6 Å². The van der Waals surface area contributed by atoms with Crippen LogP contribution in [0.1, 0.15) is 19.3 Å². The van der Waals surface area contributed by atoms with Crippen molar-refractivity contribution in [3.05, 3.63) is 21.6 Å². The summed E-state index contributed by atoms with van der Waals surface area (Å²) in [5.41, 5.74) is 0.464. The zero-order valence-electron chi connectivity index (χ0n) is 10.2. The first-order chi connectivity index (χ1) is 8.75. The van der Waals surface area contributed by atoms with Gasteiger partial charge in [0.2, 0.25) is 0 Å². The summed E-state index contributed by atoms with van der Waals surface area (Å²) in [6.45, 7) is 4.12. The van der Waals surface area contributed by atoms with Gasteiger partial charge in [0, 0.05) is 25.7 Å². The maximum absolute atomic E-state index is 11.5. The Morgan fingerprint density at radius 3 is 3.11 bits per heavy atom. The summed E-state index contributed by atoms with van der Waals surface area (Å²) in [6.07, 6.45) is 5.51. The third kappa shape index (κ3) is 2.12. The maximum Gasteiger partial charge on any atom is 0.285 e. The summed E-state index contributed by atoms with van der Waals surface area (Å²) in [6, 6.07) is 0.600. The van der Waals surface area contributed by atoms with Gasteiger partial charge in [-0.25, -0.2) is 5.10 Å². The van der Waals surface area contributed by atoms with Gasteiger partial charge in [-0.2, -0.15) is 5.10 Å². The van der Waals surface area contributed by atoms with Gasteiger partial charge in [0.05, 0.1) is 11.9 Å². The maximum atomic E-state index is 11.5. The first-order valence-electron chi connectivity index (χ1n) is 6.48. The van der Waals surface area contributed by atoms with E-state index in [-0.39, 0.29) is 10.6 Å². The van der Waals surface area contributed by atoms with E-state index in [1.54, 1.807) is 6.20 Å². The average Bonchev–Trinajstić information content (AvgIpc) is 2.41. The highest BCUT2D eigenvalue weighted by Gasteiger charge is 2.30. The van der Waals surface area contributed by atoms with Gasteiger partial charge in [-0.15, -0.1) is 0 Å². The van der Waals surface area contributed by atoms with Crippen molar-refractivity contribution in [1.29, 1.82) is 0 Å². The van der Waals surface area contributed by atoms with Gasteiger partial charge in [0.15, 0.2) is 0 Å². The standard InChI is InChI=1S/C12H17ClN4O/c13-11-10(7-14-15-12(11)18)17-6-5-16-4-2-1-3-9(16)8-17/h7,9H,1-6,8H2,(H,15,18). The van der Waals surface area contributed by atoms with Crippen molar-refractivity contribution in [2.75, 3.05) is 31.1 Å². The van der Waals surface area contributed by atoms with Crippen LogP contribution in [-0.2, 0) is 0 Å². The minimum absolute atomic E-state index is 0.259. The van der Waals surface area contributed by atoms with Crippen LogP contribution in [0.3, 0.4) is 0 Å². The molecule has 0 amide bonds. The molecule has 3 rings (SSSR count). The van der Waals surface area contributed by atoms with Gasteiger partial charge in [0.1, 0.15) is 5.02 Å². The lowest BCUT2D eigenvalue weighted by Crippen LogP contribution is -2.55. The fourth-order valence-electron chi connectivity index (χ4n) is 2.97. The molecule has 98 valence electrons. The van der Waals surface area contributed by atoms with Crippen LogP contribution in [0.2, 0.25) is 5.02 Å². The van der Waals surface area contributed by atoms with Crippen molar-refractivity contribution in [1.82, 2.24) is 15.1 Å². The van der Waals surface area contributed by atoms with E-state index in [0.29, 0.717) is 6.04 Å². The van der Waals surface area contributed by atoms with Crippen LogP contribution in [0.5, 0.6) is 0 Å². The number of nitrogens with zero attached hydrogens (tertiary/aromatic N) is 3. The molecule has 2 aliphatic heterocycles. The molecule has 1 N–H and O–H groups in total. The molecule has 1 aromatic heterocycles. The van der Waals surface area contributed by atoms with Crippen LogP contribution in [0.25, 0.3) is 0 Å². The number of rotatable bonds is 1. The number of aromatic nitrogens is 2. The molecule has 18 heavy (non-hydrogen) atoms. The van der Waals surface area contributed by atoms with Gasteiger partial charge in [-0.1, -0.05) is 18.0 Å². The molecule has 2 saturated heterocycles. The number of hydrogen-bond donors (Lipinski definition) is 1. The lowest BCUT2D eigenvalue weighted by atomic mass is 9.99. The normalized spacial score (nSPS) is 24.9. The van der Waals surface area contributed by atoms with E-state index in [2.05, 4.69) is 20.0 Å². The van der Waals surface area contributed by atoms with Crippen molar-refractivity contribution in [2.24, 2.45) is 0 Å². The predicted molar refractivity (Wildman–Crippen MR) is 71.3 cm³/mol. The quantitative estimate of drug-likeness (QED) is 0.829. The molecule has 0 spiro atoms. The lowest BCUT2D eigenvalue weighted by molar-refractivity contribution is 0.133. The third-order valence-corrected chi connectivity index (χ3v) is 4.32. The summed E-state index contributed by atoms with van der Waals surface area (Å²) >= 11 is 6.06. The van der Waals surface area contributed by atoms with Crippen LogP contribution in [0.4, 0.5) is 5.69 Å². The van der Waals surface area contributed by atoms with E-state index < -0.39 is 0 Å². The Labute approximate surface area is 111 Å². The number of piperazine rings is 1. The smallest absolute Gasteiger partial charge is 0.285 e. The minimum atomic E-state index is -0.305. The molecule has 2 aliphatic rings. The van der Waals surface area contributed by atoms with Crippen LogP contribution >= 0.6 is 11.6 Å². The molecule has 2 fully saturated rings. The molecule has 0 saturated carbocycles. The zero-order valence-corrected chi connectivity index (χ0v) is 11.0. The summed E-state index contributed by atoms with van der Waals surface area (Å²) in [7, 11) is 0. The Hall–Kier alpha value is -1.07. The number of H-pyrrole nitrogens is 1. The number of halogens is 1. The minimum Gasteiger partial charge on any atom is -0.366 e. The fraction of sp³-hybridized carbons (Fsp3) is 0.667. The SMILES string of the molecule is O=c1[nH]ncc(N2CCN3CCCCC3C2)c1Cl. The summed E-state index contributed by atoms with van der Waals surface area (Å²) in [5, 5.41) is 6.47. The van der Waals surface area contributed by atoms with Gasteiger partial charge < -0.3 is 4.90 Å². The van der Waals surface area contributed by atoms with Crippen molar-refractivity contribution in [3.63, 3.8) is 0 Å². The van der Waals surface area contributed by atoms with Crippen LogP contribution in [0, 0.1) is 0 Å². The molecule has 0 aliphatic carbocycles. The number of piperidine rings is 1. The van der Waals surface area contributed by atoms with Crippen molar-refractivity contribution < 1.29 is 0 Å². The highest BCUT2D eigenvalue weighted by molar-refractivity contribution is 6.32. The lowest BCUT2D eigenvalue weighted by Gasteiger charge is -2.44. The number of fused-ring (bicyclic) bond motifs is 1. The third-order valence-electron chi connectivity index (χ3n) is 3.96. The molecule has 5 nitrogen and oxygen atoms in total. The topological polar surface area (TPSA) is 52.2 Å². The molecular weight excluding hydrogens is 252 g/mol. The first kappa shape index (κ1) is 12.0. The molecule has 0 radical (unpaired) electrons. The summed E-state index contributed by atoms with van der Waals surface area (Å²) in [5.74, 6) is 0. The summed E-state index contributed by atoms with van der Waals surface area (Å²) in [4.78, 5) is 16.2. The second-order valence-electron chi connectivity index (χ2n) is 5.03. The van der Waals surface area contributed by atoms with Crippen LogP contribution in [-0.4, -0.2) is 47.3 Å². The van der Waals surface area contributed by atoms with E-state index in [0.717, 1.165) is 25.3 Å². The highest BCUT2D eigenvalue weighted by Crippen LogP contribution is 2.27. The fourth-order valence-corrected chi connectivity index (χ4v) is 3.18.